The number of hydrogen-bond acceptors (Lipinski definition) is 1. The summed E-state index contributed by atoms with van der Waals surface area (Å²) in [5.41, 5.74) is 1.77. The summed E-state index contributed by atoms with van der Waals surface area (Å²) in [4.78, 5) is 0. The predicted octanol–water partition coefficient (Wildman–Crippen LogP) is 4.15. The van der Waals surface area contributed by atoms with Crippen molar-refractivity contribution in [2.75, 3.05) is 0 Å². The molecule has 0 amide bonds. The fraction of sp³-hybridized carbons (Fsp3) is 0.571. The second-order valence-electron chi connectivity index (χ2n) is 4.40. The lowest BCUT2D eigenvalue weighted by atomic mass is 9.75. The minimum absolute atomic E-state index is 0.355. The molecule has 84 valence electrons. The number of phenolic OH excluding ortho intramolecular Hbond substituents is 1. The number of hydrogen-bond donors (Lipinski definition) is 1. The molecular weight excluding hydrogens is 184 g/mol. The first-order valence-electron chi connectivity index (χ1n) is 5.93. The molecule has 0 aliphatic rings. The van der Waals surface area contributed by atoms with Crippen LogP contribution in [0.2, 0.25) is 0 Å². The van der Waals surface area contributed by atoms with Crippen LogP contribution < -0.4 is 0 Å². The van der Waals surface area contributed by atoms with E-state index in [1.807, 2.05) is 12.1 Å². The molecule has 0 saturated heterocycles. The van der Waals surface area contributed by atoms with Gasteiger partial charge < -0.3 is 5.11 Å². The molecule has 0 aliphatic carbocycles. The molecule has 0 spiro atoms. The SMILES string of the molecule is CCC(CC)(CC)Cc1ccc(O)cc1. The molecule has 15 heavy (non-hydrogen) atoms. The molecule has 0 heterocycles. The Kier molecular flexibility index (Phi) is 4.19. The van der Waals surface area contributed by atoms with E-state index in [1.165, 1.54) is 24.8 Å². The van der Waals surface area contributed by atoms with Gasteiger partial charge in [0.15, 0.2) is 0 Å². The van der Waals surface area contributed by atoms with Crippen molar-refractivity contribution < 1.29 is 5.11 Å². The molecule has 0 atom stereocenters. The highest BCUT2D eigenvalue weighted by Crippen LogP contribution is 2.34. The van der Waals surface area contributed by atoms with E-state index in [0.29, 0.717) is 11.2 Å². The Labute approximate surface area is 93.1 Å². The zero-order valence-corrected chi connectivity index (χ0v) is 10.1. The molecule has 0 fully saturated rings. The van der Waals surface area contributed by atoms with E-state index in [-0.39, 0.29) is 0 Å². The second-order valence-corrected chi connectivity index (χ2v) is 4.40. The predicted molar refractivity (Wildman–Crippen MR) is 65.1 cm³/mol. The first kappa shape index (κ1) is 12.1. The van der Waals surface area contributed by atoms with Crippen LogP contribution in [-0.4, -0.2) is 5.11 Å². The Hall–Kier alpha value is -0.980. The van der Waals surface area contributed by atoms with Crippen molar-refractivity contribution in [2.24, 2.45) is 5.41 Å². The van der Waals surface area contributed by atoms with E-state index in [9.17, 15) is 5.11 Å². The number of aromatic hydroxyl groups is 1. The van der Waals surface area contributed by atoms with Crippen molar-refractivity contribution >= 4 is 0 Å². The smallest absolute Gasteiger partial charge is 0.115 e. The van der Waals surface area contributed by atoms with Crippen molar-refractivity contribution in [1.29, 1.82) is 0 Å². The lowest BCUT2D eigenvalue weighted by Crippen LogP contribution is -2.20. The van der Waals surface area contributed by atoms with Crippen LogP contribution in [-0.2, 0) is 6.42 Å². The largest absolute Gasteiger partial charge is 0.508 e. The van der Waals surface area contributed by atoms with E-state index in [1.54, 1.807) is 12.1 Å². The highest BCUT2D eigenvalue weighted by Gasteiger charge is 2.23. The van der Waals surface area contributed by atoms with Crippen LogP contribution >= 0.6 is 0 Å². The molecule has 0 unspecified atom stereocenters. The number of benzene rings is 1. The van der Waals surface area contributed by atoms with Gasteiger partial charge in [0.05, 0.1) is 0 Å². The maximum atomic E-state index is 9.23. The molecule has 0 saturated carbocycles. The van der Waals surface area contributed by atoms with E-state index in [0.717, 1.165) is 6.42 Å². The summed E-state index contributed by atoms with van der Waals surface area (Å²) in [6.45, 7) is 6.81. The molecule has 0 aliphatic heterocycles. The quantitative estimate of drug-likeness (QED) is 0.767. The topological polar surface area (TPSA) is 20.2 Å². The van der Waals surface area contributed by atoms with Crippen LogP contribution in [0.3, 0.4) is 0 Å². The first-order valence-corrected chi connectivity index (χ1v) is 5.93. The lowest BCUT2D eigenvalue weighted by Gasteiger charge is -2.30. The Morgan fingerprint density at radius 2 is 1.40 bits per heavy atom. The zero-order chi connectivity index (χ0) is 11.3. The summed E-state index contributed by atoms with van der Waals surface area (Å²) in [5, 5.41) is 9.23. The van der Waals surface area contributed by atoms with Crippen molar-refractivity contribution in [3.8, 4) is 5.75 Å². The van der Waals surface area contributed by atoms with Gasteiger partial charge in [0, 0.05) is 0 Å². The van der Waals surface area contributed by atoms with Crippen LogP contribution in [0.25, 0.3) is 0 Å². The van der Waals surface area contributed by atoms with E-state index in [2.05, 4.69) is 20.8 Å². The van der Waals surface area contributed by atoms with Crippen LogP contribution in [0, 0.1) is 5.41 Å². The van der Waals surface area contributed by atoms with Gasteiger partial charge in [-0.25, -0.2) is 0 Å². The molecule has 1 aromatic rings. The Morgan fingerprint density at radius 1 is 0.933 bits per heavy atom. The molecule has 0 aromatic heterocycles. The summed E-state index contributed by atoms with van der Waals surface area (Å²) in [7, 11) is 0. The standard InChI is InChI=1S/C14H22O/c1-4-14(5-2,6-3)11-12-7-9-13(15)10-8-12/h7-10,15H,4-6,11H2,1-3H3. The van der Waals surface area contributed by atoms with Crippen molar-refractivity contribution in [1.82, 2.24) is 0 Å². The van der Waals surface area contributed by atoms with Crippen LogP contribution in [0.1, 0.15) is 45.6 Å². The molecule has 1 rings (SSSR count). The maximum absolute atomic E-state index is 9.23. The van der Waals surface area contributed by atoms with Crippen LogP contribution in [0.5, 0.6) is 5.75 Å². The molecule has 0 bridgehead atoms. The van der Waals surface area contributed by atoms with Crippen molar-refractivity contribution in [3.05, 3.63) is 29.8 Å². The van der Waals surface area contributed by atoms with Gasteiger partial charge >= 0.3 is 0 Å². The van der Waals surface area contributed by atoms with Gasteiger partial charge in [-0.1, -0.05) is 52.2 Å². The van der Waals surface area contributed by atoms with Gasteiger partial charge in [-0.05, 0) is 29.5 Å². The molecule has 1 N–H and O–H groups in total. The van der Waals surface area contributed by atoms with E-state index in [4.69, 9.17) is 0 Å². The second kappa shape index (κ2) is 5.20. The average molecular weight is 206 g/mol. The summed E-state index contributed by atoms with van der Waals surface area (Å²) >= 11 is 0. The molecule has 0 radical (unpaired) electrons. The maximum Gasteiger partial charge on any atom is 0.115 e. The van der Waals surface area contributed by atoms with Gasteiger partial charge in [-0.3, -0.25) is 0 Å². The summed E-state index contributed by atoms with van der Waals surface area (Å²) in [6, 6.07) is 7.62. The summed E-state index contributed by atoms with van der Waals surface area (Å²) < 4.78 is 0. The Morgan fingerprint density at radius 3 is 1.80 bits per heavy atom. The van der Waals surface area contributed by atoms with Gasteiger partial charge in [0.1, 0.15) is 5.75 Å². The Bertz CT molecular complexity index is 274. The first-order chi connectivity index (χ1) is 7.15. The van der Waals surface area contributed by atoms with Gasteiger partial charge in [0.25, 0.3) is 0 Å². The zero-order valence-electron chi connectivity index (χ0n) is 10.1. The third kappa shape index (κ3) is 2.98. The fourth-order valence-electron chi connectivity index (χ4n) is 2.17. The molecule has 1 heteroatoms. The highest BCUT2D eigenvalue weighted by atomic mass is 16.3. The average Bonchev–Trinajstić information content (AvgIpc) is 2.29. The Balaban J connectivity index is 2.78. The van der Waals surface area contributed by atoms with Crippen molar-refractivity contribution in [3.63, 3.8) is 0 Å². The van der Waals surface area contributed by atoms with Crippen LogP contribution in [0.4, 0.5) is 0 Å². The van der Waals surface area contributed by atoms with Gasteiger partial charge in [-0.15, -0.1) is 0 Å². The van der Waals surface area contributed by atoms with Crippen LogP contribution in [0.15, 0.2) is 24.3 Å². The fourth-order valence-corrected chi connectivity index (χ4v) is 2.17. The minimum Gasteiger partial charge on any atom is -0.508 e. The van der Waals surface area contributed by atoms with Crippen molar-refractivity contribution in [2.45, 2.75) is 46.5 Å². The minimum atomic E-state index is 0.355. The summed E-state index contributed by atoms with van der Waals surface area (Å²) in [6.07, 6.45) is 4.79. The monoisotopic (exact) mass is 206 g/mol. The third-order valence-corrected chi connectivity index (χ3v) is 3.77. The molecule has 1 nitrogen and oxygen atoms in total. The highest BCUT2D eigenvalue weighted by molar-refractivity contribution is 5.26. The molecule has 1 aromatic carbocycles. The van der Waals surface area contributed by atoms with Gasteiger partial charge in [0.2, 0.25) is 0 Å². The molecular formula is C14H22O. The summed E-state index contributed by atoms with van der Waals surface area (Å²) in [5.74, 6) is 0.355. The third-order valence-electron chi connectivity index (χ3n) is 3.77. The number of rotatable bonds is 5. The number of phenols is 1. The lowest BCUT2D eigenvalue weighted by molar-refractivity contribution is 0.248. The van der Waals surface area contributed by atoms with E-state index >= 15 is 0 Å². The van der Waals surface area contributed by atoms with Gasteiger partial charge in [-0.2, -0.15) is 0 Å². The normalized spacial score (nSPS) is 11.7. The van der Waals surface area contributed by atoms with E-state index < -0.39 is 0 Å².